The highest BCUT2D eigenvalue weighted by atomic mass is 16.5. The molecular formula is C8H16N2O4. The average molecular weight is 204 g/mol. The summed E-state index contributed by atoms with van der Waals surface area (Å²) in [5.74, 6) is -1.33. The Kier molecular flexibility index (Phi) is 6.69. The summed E-state index contributed by atoms with van der Waals surface area (Å²) in [7, 11) is 0. The minimum Gasteiger partial charge on any atom is -0.480 e. The number of hydrogen-bond acceptors (Lipinski definition) is 4. The van der Waals surface area contributed by atoms with Crippen molar-refractivity contribution in [3.05, 3.63) is 0 Å². The SMILES string of the molecule is CCOCC(=O)NCCC(N)C(=O)O. The molecule has 14 heavy (non-hydrogen) atoms. The molecule has 0 fully saturated rings. The molecule has 0 aromatic carbocycles. The van der Waals surface area contributed by atoms with Crippen LogP contribution in [0, 0.1) is 0 Å². The van der Waals surface area contributed by atoms with Crippen molar-refractivity contribution in [1.82, 2.24) is 5.32 Å². The lowest BCUT2D eigenvalue weighted by Gasteiger charge is -2.07. The van der Waals surface area contributed by atoms with E-state index in [2.05, 4.69) is 5.32 Å². The predicted octanol–water partition coefficient (Wildman–Crippen LogP) is -1.06. The molecule has 0 aromatic rings. The fourth-order valence-electron chi connectivity index (χ4n) is 0.736. The van der Waals surface area contributed by atoms with Gasteiger partial charge in [0.15, 0.2) is 0 Å². The fourth-order valence-corrected chi connectivity index (χ4v) is 0.736. The quantitative estimate of drug-likeness (QED) is 0.490. The number of nitrogens with two attached hydrogens (primary N) is 1. The van der Waals surface area contributed by atoms with Gasteiger partial charge >= 0.3 is 5.97 Å². The van der Waals surface area contributed by atoms with Crippen molar-refractivity contribution in [3.63, 3.8) is 0 Å². The highest BCUT2D eigenvalue weighted by Crippen LogP contribution is 1.85. The van der Waals surface area contributed by atoms with E-state index in [9.17, 15) is 9.59 Å². The number of carbonyl (C=O) groups is 2. The molecule has 4 N–H and O–H groups in total. The minimum absolute atomic E-state index is 0.00118. The first kappa shape index (κ1) is 12.9. The number of carboxylic acids is 1. The number of nitrogens with one attached hydrogen (secondary N) is 1. The molecule has 6 nitrogen and oxygen atoms in total. The Hall–Kier alpha value is -1.14. The maximum Gasteiger partial charge on any atom is 0.320 e. The Morgan fingerprint density at radius 3 is 2.71 bits per heavy atom. The molecule has 1 unspecified atom stereocenters. The van der Waals surface area contributed by atoms with Crippen molar-refractivity contribution < 1.29 is 19.4 Å². The molecule has 0 heterocycles. The van der Waals surface area contributed by atoms with Gasteiger partial charge in [0.2, 0.25) is 5.91 Å². The number of hydrogen-bond donors (Lipinski definition) is 3. The molecule has 1 atom stereocenters. The third kappa shape index (κ3) is 6.38. The largest absolute Gasteiger partial charge is 0.480 e. The number of ether oxygens (including phenoxy) is 1. The lowest BCUT2D eigenvalue weighted by atomic mass is 10.2. The number of rotatable bonds is 7. The molecule has 0 spiro atoms. The number of amides is 1. The van der Waals surface area contributed by atoms with E-state index in [0.29, 0.717) is 6.61 Å². The molecule has 0 aromatic heterocycles. The lowest BCUT2D eigenvalue weighted by Crippen LogP contribution is -2.36. The Bertz CT molecular complexity index is 196. The van der Waals surface area contributed by atoms with Gasteiger partial charge < -0.3 is 20.9 Å². The number of carboxylic acid groups (broad SMARTS) is 1. The van der Waals surface area contributed by atoms with E-state index in [1.165, 1.54) is 0 Å². The van der Waals surface area contributed by atoms with Gasteiger partial charge in [0.05, 0.1) is 0 Å². The van der Waals surface area contributed by atoms with Gasteiger partial charge in [-0.1, -0.05) is 0 Å². The van der Waals surface area contributed by atoms with E-state index >= 15 is 0 Å². The molecule has 0 aliphatic heterocycles. The van der Waals surface area contributed by atoms with Crippen LogP contribution in [0.15, 0.2) is 0 Å². The van der Waals surface area contributed by atoms with Crippen molar-refractivity contribution in [2.24, 2.45) is 5.73 Å². The van der Waals surface area contributed by atoms with Crippen LogP contribution in [0.1, 0.15) is 13.3 Å². The Morgan fingerprint density at radius 1 is 1.57 bits per heavy atom. The van der Waals surface area contributed by atoms with Gasteiger partial charge in [-0.3, -0.25) is 9.59 Å². The molecular weight excluding hydrogens is 188 g/mol. The van der Waals surface area contributed by atoms with E-state index in [0.717, 1.165) is 0 Å². The number of aliphatic carboxylic acids is 1. The summed E-state index contributed by atoms with van der Waals surface area (Å²) in [5, 5.41) is 10.9. The number of carbonyl (C=O) groups excluding carboxylic acids is 1. The van der Waals surface area contributed by atoms with Gasteiger partial charge in [-0.2, -0.15) is 0 Å². The molecule has 0 saturated heterocycles. The third-order valence-electron chi connectivity index (χ3n) is 1.53. The second kappa shape index (κ2) is 7.28. The molecule has 6 heteroatoms. The topological polar surface area (TPSA) is 102 Å². The van der Waals surface area contributed by atoms with Crippen LogP contribution in [0.3, 0.4) is 0 Å². The smallest absolute Gasteiger partial charge is 0.320 e. The van der Waals surface area contributed by atoms with Gasteiger partial charge in [-0.05, 0) is 13.3 Å². The van der Waals surface area contributed by atoms with Crippen LogP contribution in [0.5, 0.6) is 0 Å². The molecule has 0 aliphatic rings. The van der Waals surface area contributed by atoms with Crippen LogP contribution in [0.2, 0.25) is 0 Å². The molecule has 0 rings (SSSR count). The van der Waals surface area contributed by atoms with Gasteiger partial charge in [-0.25, -0.2) is 0 Å². The fraction of sp³-hybridized carbons (Fsp3) is 0.750. The summed E-state index contributed by atoms with van der Waals surface area (Å²) in [6, 6.07) is -0.928. The van der Waals surface area contributed by atoms with Gasteiger partial charge in [0.1, 0.15) is 12.6 Å². The standard InChI is InChI=1S/C8H16N2O4/c1-2-14-5-7(11)10-4-3-6(9)8(12)13/h6H,2-5,9H2,1H3,(H,10,11)(H,12,13). The van der Waals surface area contributed by atoms with E-state index in [1.54, 1.807) is 6.92 Å². The monoisotopic (exact) mass is 204 g/mol. The van der Waals surface area contributed by atoms with Crippen LogP contribution in [-0.4, -0.2) is 42.8 Å². The van der Waals surface area contributed by atoms with Crippen molar-refractivity contribution in [3.8, 4) is 0 Å². The molecule has 0 saturated carbocycles. The van der Waals surface area contributed by atoms with Crippen LogP contribution >= 0.6 is 0 Å². The van der Waals surface area contributed by atoms with Crippen LogP contribution in [-0.2, 0) is 14.3 Å². The first-order valence-electron chi connectivity index (χ1n) is 4.40. The lowest BCUT2D eigenvalue weighted by molar-refractivity contribution is -0.138. The zero-order chi connectivity index (χ0) is 11.0. The highest BCUT2D eigenvalue weighted by Gasteiger charge is 2.10. The van der Waals surface area contributed by atoms with Gasteiger partial charge in [0.25, 0.3) is 0 Å². The van der Waals surface area contributed by atoms with E-state index in [-0.39, 0.29) is 25.5 Å². The summed E-state index contributed by atoms with van der Waals surface area (Å²) < 4.78 is 4.84. The summed E-state index contributed by atoms with van der Waals surface area (Å²) in [5.41, 5.74) is 5.22. The van der Waals surface area contributed by atoms with Crippen LogP contribution < -0.4 is 11.1 Å². The normalized spacial score (nSPS) is 12.1. The molecule has 0 radical (unpaired) electrons. The second-order valence-corrected chi connectivity index (χ2v) is 2.72. The van der Waals surface area contributed by atoms with Crippen molar-refractivity contribution in [1.29, 1.82) is 0 Å². The summed E-state index contributed by atoms with van der Waals surface area (Å²) >= 11 is 0. The third-order valence-corrected chi connectivity index (χ3v) is 1.53. The highest BCUT2D eigenvalue weighted by molar-refractivity contribution is 5.77. The van der Waals surface area contributed by atoms with E-state index < -0.39 is 12.0 Å². The minimum atomic E-state index is -1.07. The maximum absolute atomic E-state index is 10.9. The van der Waals surface area contributed by atoms with Crippen molar-refractivity contribution in [2.75, 3.05) is 19.8 Å². The summed E-state index contributed by atoms with van der Waals surface area (Å²) in [6.45, 7) is 2.51. The van der Waals surface area contributed by atoms with E-state index in [1.807, 2.05) is 0 Å². The summed E-state index contributed by atoms with van der Waals surface area (Å²) in [4.78, 5) is 21.2. The molecule has 1 amide bonds. The predicted molar refractivity (Wildman–Crippen MR) is 49.7 cm³/mol. The van der Waals surface area contributed by atoms with E-state index in [4.69, 9.17) is 15.6 Å². The van der Waals surface area contributed by atoms with Crippen molar-refractivity contribution >= 4 is 11.9 Å². The van der Waals surface area contributed by atoms with Crippen LogP contribution in [0.4, 0.5) is 0 Å². The van der Waals surface area contributed by atoms with Crippen LogP contribution in [0.25, 0.3) is 0 Å². The second-order valence-electron chi connectivity index (χ2n) is 2.72. The maximum atomic E-state index is 10.9. The first-order chi connectivity index (χ1) is 6.57. The van der Waals surface area contributed by atoms with Crippen molar-refractivity contribution in [2.45, 2.75) is 19.4 Å². The Balaban J connectivity index is 3.44. The Labute approximate surface area is 82.4 Å². The molecule has 0 aliphatic carbocycles. The Morgan fingerprint density at radius 2 is 2.21 bits per heavy atom. The zero-order valence-electron chi connectivity index (χ0n) is 8.16. The summed E-state index contributed by atoms with van der Waals surface area (Å²) in [6.07, 6.45) is 0.215. The zero-order valence-corrected chi connectivity index (χ0v) is 8.16. The molecule has 82 valence electrons. The molecule has 0 bridgehead atoms. The average Bonchev–Trinajstić information content (AvgIpc) is 2.14. The van der Waals surface area contributed by atoms with Gasteiger partial charge in [-0.15, -0.1) is 0 Å². The first-order valence-corrected chi connectivity index (χ1v) is 4.40. The van der Waals surface area contributed by atoms with Gasteiger partial charge in [0, 0.05) is 13.2 Å².